The summed E-state index contributed by atoms with van der Waals surface area (Å²) in [5.41, 5.74) is 0. The second-order valence-corrected chi connectivity index (χ2v) is 0. The molecular weight excluding hydrogens is 645 g/mol. The summed E-state index contributed by atoms with van der Waals surface area (Å²) in [5.74, 6) is 0. The Labute approximate surface area is 114 Å². The van der Waals surface area contributed by atoms with Gasteiger partial charge in [0, 0.05) is 0 Å². The molecule has 0 spiro atoms. The average molecular weight is 645 g/mol. The number of hydrogen-bond acceptors (Lipinski definition) is 0. The molecule has 0 aliphatic heterocycles. The first-order chi connectivity index (χ1) is 0. The normalized spacial score (nSPS) is 0. The van der Waals surface area contributed by atoms with Crippen molar-refractivity contribution in [3.8, 4) is 0 Å². The molecule has 5 heavy (non-hydrogen) atoms. The van der Waals surface area contributed by atoms with E-state index >= 15 is 0 Å². The van der Waals surface area contributed by atoms with E-state index in [1.165, 1.54) is 0 Å². The molecule has 0 aliphatic rings. The Morgan fingerprint density at radius 1 is 0.600 bits per heavy atom. The van der Waals surface area contributed by atoms with E-state index in [-0.39, 0.29) is 117 Å². The van der Waals surface area contributed by atoms with Crippen LogP contribution < -0.4 is 71.9 Å². The monoisotopic (exact) mass is 646 g/mol. The summed E-state index contributed by atoms with van der Waals surface area (Å²) < 4.78 is 0. The maximum Gasteiger partial charge on any atom is 2.00 e. The third-order valence-corrected chi connectivity index (χ3v) is 0. The van der Waals surface area contributed by atoms with Crippen LogP contribution in [0.2, 0.25) is 0 Å². The summed E-state index contributed by atoms with van der Waals surface area (Å²) in [4.78, 5) is 0. The number of rotatable bonds is 0. The van der Waals surface area contributed by atoms with Gasteiger partial charge in [0.05, 0.1) is 0 Å². The van der Waals surface area contributed by atoms with Gasteiger partial charge in [-0.25, -0.2) is 0 Å². The van der Waals surface area contributed by atoms with Gasteiger partial charge in [0.15, 0.2) is 0 Å². The van der Waals surface area contributed by atoms with Crippen molar-refractivity contribution in [2.24, 2.45) is 0 Å². The first-order valence-electron chi connectivity index (χ1n) is 0. The summed E-state index contributed by atoms with van der Waals surface area (Å²) in [7, 11) is 0. The van der Waals surface area contributed by atoms with Gasteiger partial charge in [0.25, 0.3) is 0 Å². The minimum atomic E-state index is 0. The molecular formula is CuHgI3. The number of halogens is 3. The molecule has 0 bridgehead atoms. The minimum Gasteiger partial charge on any atom is -1.00 e. The fourth-order valence-corrected chi connectivity index (χ4v) is 0. The maximum absolute atomic E-state index is 0. The third kappa shape index (κ3) is 18.3. The van der Waals surface area contributed by atoms with Crippen LogP contribution in [0.15, 0.2) is 0 Å². The van der Waals surface area contributed by atoms with Crippen molar-refractivity contribution in [3.05, 3.63) is 0 Å². The van der Waals surface area contributed by atoms with Crippen molar-refractivity contribution in [1.82, 2.24) is 0 Å². The standard InChI is InChI=1S/Cu.Hg.3HI/h;;3*1H/q+1;+2;;;/p-3. The van der Waals surface area contributed by atoms with E-state index in [0.717, 1.165) is 0 Å². The molecule has 0 amide bonds. The Morgan fingerprint density at radius 3 is 0.600 bits per heavy atom. The Bertz CT molecular complexity index is 6.85. The molecule has 0 aromatic carbocycles. The van der Waals surface area contributed by atoms with Crippen LogP contribution in [0, 0.1) is 0 Å². The quantitative estimate of drug-likeness (QED) is 0.182. The summed E-state index contributed by atoms with van der Waals surface area (Å²) in [6.45, 7) is 0. The Hall–Kier alpha value is 3.64. The summed E-state index contributed by atoms with van der Waals surface area (Å²) in [6, 6.07) is 0. The van der Waals surface area contributed by atoms with Crippen molar-refractivity contribution in [3.63, 3.8) is 0 Å². The largest absolute Gasteiger partial charge is 2.00 e. The molecule has 0 radical (unpaired) electrons. The van der Waals surface area contributed by atoms with Gasteiger partial charge in [-0.1, -0.05) is 0 Å². The van der Waals surface area contributed by atoms with Gasteiger partial charge >= 0.3 is 44.7 Å². The second kappa shape index (κ2) is 25.4. The number of hydrogen-bond donors (Lipinski definition) is 0. The smallest absolute Gasteiger partial charge is 1.00 e. The molecule has 0 rings (SSSR count). The third-order valence-electron chi connectivity index (χ3n) is 0. The Kier molecular flexibility index (Phi) is 193. The summed E-state index contributed by atoms with van der Waals surface area (Å²) >= 11 is 0. The van der Waals surface area contributed by atoms with Crippen LogP contribution in [0.5, 0.6) is 0 Å². The van der Waals surface area contributed by atoms with Crippen LogP contribution >= 0.6 is 0 Å². The average Bonchev–Trinajstić information content (AvgIpc) is 0. The molecule has 0 nitrogen and oxygen atoms in total. The first kappa shape index (κ1) is 38.0. The fraction of sp³-hybridized carbons (Fsp3) is 0. The van der Waals surface area contributed by atoms with Crippen molar-refractivity contribution in [1.29, 1.82) is 0 Å². The van der Waals surface area contributed by atoms with Crippen LogP contribution in [0.4, 0.5) is 0 Å². The molecule has 0 heterocycles. The van der Waals surface area contributed by atoms with E-state index in [1.54, 1.807) is 0 Å². The van der Waals surface area contributed by atoms with E-state index in [9.17, 15) is 0 Å². The zero-order chi connectivity index (χ0) is 0. The van der Waals surface area contributed by atoms with Gasteiger partial charge in [-0.3, -0.25) is 0 Å². The van der Waals surface area contributed by atoms with Crippen molar-refractivity contribution < 1.29 is 117 Å². The predicted octanol–water partition coefficient (Wildman–Crippen LogP) is -8.99. The predicted molar refractivity (Wildman–Crippen MR) is 0 cm³/mol. The molecule has 0 saturated carbocycles. The molecule has 0 N–H and O–H groups in total. The zero-order valence-electron chi connectivity index (χ0n) is 2.14. The molecule has 0 fully saturated rings. The Morgan fingerprint density at radius 2 is 0.600 bits per heavy atom. The van der Waals surface area contributed by atoms with E-state index in [2.05, 4.69) is 0 Å². The van der Waals surface area contributed by atoms with Gasteiger partial charge < -0.3 is 71.9 Å². The van der Waals surface area contributed by atoms with E-state index in [0.29, 0.717) is 0 Å². The SMILES string of the molecule is [Cu+].[Hg+2].[I-].[I-].[I-]. The van der Waals surface area contributed by atoms with Crippen LogP contribution in [0.3, 0.4) is 0 Å². The van der Waals surface area contributed by atoms with Gasteiger partial charge in [-0.05, 0) is 0 Å². The molecule has 0 aromatic rings. The van der Waals surface area contributed by atoms with Gasteiger partial charge in [-0.15, -0.1) is 0 Å². The van der Waals surface area contributed by atoms with E-state index < -0.39 is 0 Å². The van der Waals surface area contributed by atoms with Crippen LogP contribution in [0.1, 0.15) is 0 Å². The molecule has 34 valence electrons. The fourth-order valence-electron chi connectivity index (χ4n) is 0. The molecule has 0 aromatic heterocycles. The van der Waals surface area contributed by atoms with Crippen molar-refractivity contribution in [2.45, 2.75) is 0 Å². The molecule has 0 unspecified atom stereocenters. The second-order valence-electron chi connectivity index (χ2n) is 0. The molecule has 5 heteroatoms. The van der Waals surface area contributed by atoms with Crippen molar-refractivity contribution >= 4 is 0 Å². The maximum atomic E-state index is 0. The van der Waals surface area contributed by atoms with Crippen molar-refractivity contribution in [2.75, 3.05) is 0 Å². The van der Waals surface area contributed by atoms with Gasteiger partial charge in [-0.2, -0.15) is 0 Å². The van der Waals surface area contributed by atoms with Gasteiger partial charge in [0.2, 0.25) is 0 Å². The topological polar surface area (TPSA) is 0 Å². The molecule has 0 aliphatic carbocycles. The Balaban J connectivity index is 0. The zero-order valence-corrected chi connectivity index (χ0v) is 15.1. The van der Waals surface area contributed by atoms with Gasteiger partial charge in [0.1, 0.15) is 0 Å². The van der Waals surface area contributed by atoms with E-state index in [1.807, 2.05) is 0 Å². The van der Waals surface area contributed by atoms with Crippen LogP contribution in [0.25, 0.3) is 0 Å². The molecule has 0 atom stereocenters. The summed E-state index contributed by atoms with van der Waals surface area (Å²) in [6.07, 6.45) is 0. The minimum absolute atomic E-state index is 0. The van der Waals surface area contributed by atoms with Crippen LogP contribution in [-0.2, 0) is 44.7 Å². The molecule has 0 saturated heterocycles. The van der Waals surface area contributed by atoms with E-state index in [4.69, 9.17) is 0 Å². The van der Waals surface area contributed by atoms with Crippen LogP contribution in [-0.4, -0.2) is 0 Å². The summed E-state index contributed by atoms with van der Waals surface area (Å²) in [5, 5.41) is 0. The first-order valence-corrected chi connectivity index (χ1v) is 0.